The van der Waals surface area contributed by atoms with Crippen LogP contribution in [0.15, 0.2) is 0 Å². The first-order valence-corrected chi connectivity index (χ1v) is 2.23. The van der Waals surface area contributed by atoms with E-state index in [9.17, 15) is 4.79 Å². The highest BCUT2D eigenvalue weighted by Crippen LogP contribution is 1.81. The maximum absolute atomic E-state index is 10.3. The van der Waals surface area contributed by atoms with Gasteiger partial charge in [0.1, 0.15) is 13.5 Å². The number of hydrogen-bond donors (Lipinski definition) is 2. The van der Waals surface area contributed by atoms with Crippen LogP contribution in [0, 0.1) is 12.3 Å². The number of aliphatic hydroxyl groups excluding tert-OH is 2. The summed E-state index contributed by atoms with van der Waals surface area (Å²) in [6, 6.07) is 0. The van der Waals surface area contributed by atoms with Crippen molar-refractivity contribution in [3.63, 3.8) is 0 Å². The Bertz CT molecular complexity index is 134. The number of terminal acetylenes is 1. The van der Waals surface area contributed by atoms with E-state index in [4.69, 9.17) is 10.2 Å². The van der Waals surface area contributed by atoms with Crippen molar-refractivity contribution in [2.24, 2.45) is 0 Å². The number of carbonyl (C=O) groups excluding carboxylic acids is 1. The van der Waals surface area contributed by atoms with Gasteiger partial charge in [0.05, 0.1) is 0 Å². The maximum atomic E-state index is 10.3. The van der Waals surface area contributed by atoms with Gasteiger partial charge in [-0.1, -0.05) is 0 Å². The Hall–Kier alpha value is -1.05. The summed E-state index contributed by atoms with van der Waals surface area (Å²) in [6.07, 6.45) is 4.66. The van der Waals surface area contributed by atoms with E-state index >= 15 is 0 Å². The number of amides is 1. The van der Waals surface area contributed by atoms with Crippen LogP contribution in [0.25, 0.3) is 0 Å². The van der Waals surface area contributed by atoms with Crippen LogP contribution in [0.3, 0.4) is 0 Å². The molecule has 0 aliphatic rings. The van der Waals surface area contributed by atoms with Crippen molar-refractivity contribution in [2.45, 2.75) is 0 Å². The van der Waals surface area contributed by atoms with Crippen molar-refractivity contribution >= 4 is 5.91 Å². The van der Waals surface area contributed by atoms with Gasteiger partial charge in [-0.15, -0.1) is 6.42 Å². The fourth-order valence-electron chi connectivity index (χ4n) is 0.264. The first-order valence-electron chi connectivity index (χ1n) is 2.23. The minimum absolute atomic E-state index is 0.556. The van der Waals surface area contributed by atoms with Crippen LogP contribution in [0.4, 0.5) is 0 Å². The molecule has 9 heavy (non-hydrogen) atoms. The van der Waals surface area contributed by atoms with Crippen molar-refractivity contribution in [3.05, 3.63) is 0 Å². The zero-order valence-corrected chi connectivity index (χ0v) is 4.74. The van der Waals surface area contributed by atoms with Crippen LogP contribution in [0.5, 0.6) is 0 Å². The van der Waals surface area contributed by atoms with Gasteiger partial charge in [0.15, 0.2) is 0 Å². The van der Waals surface area contributed by atoms with E-state index in [0.29, 0.717) is 4.90 Å². The summed E-state index contributed by atoms with van der Waals surface area (Å²) in [7, 11) is 0. The third kappa shape index (κ3) is 2.13. The molecule has 0 unspecified atom stereocenters. The van der Waals surface area contributed by atoms with Gasteiger partial charge in [-0.2, -0.15) is 0 Å². The Morgan fingerprint density at radius 1 is 1.56 bits per heavy atom. The van der Waals surface area contributed by atoms with Crippen molar-refractivity contribution in [1.29, 1.82) is 0 Å². The molecule has 0 aliphatic carbocycles. The predicted molar refractivity (Wildman–Crippen MR) is 29.9 cm³/mol. The topological polar surface area (TPSA) is 60.8 Å². The van der Waals surface area contributed by atoms with Gasteiger partial charge in [-0.3, -0.25) is 9.69 Å². The molecule has 1 amide bonds. The highest BCUT2D eigenvalue weighted by Gasteiger charge is 2.05. The van der Waals surface area contributed by atoms with Gasteiger partial charge in [-0.25, -0.2) is 0 Å². The van der Waals surface area contributed by atoms with E-state index < -0.39 is 19.4 Å². The summed E-state index contributed by atoms with van der Waals surface area (Å²) >= 11 is 0. The molecule has 0 fully saturated rings. The molecule has 0 saturated heterocycles. The summed E-state index contributed by atoms with van der Waals surface area (Å²) in [5.41, 5.74) is 0. The summed E-state index contributed by atoms with van der Waals surface area (Å²) in [4.78, 5) is 11.1. The maximum Gasteiger partial charge on any atom is 0.301 e. The fraction of sp³-hybridized carbons (Fsp3) is 0.400. The van der Waals surface area contributed by atoms with Gasteiger partial charge >= 0.3 is 5.91 Å². The van der Waals surface area contributed by atoms with E-state index in [2.05, 4.69) is 6.42 Å². The second kappa shape index (κ2) is 3.89. The summed E-state index contributed by atoms with van der Waals surface area (Å²) in [6.45, 7) is -1.11. The number of hydrogen-bond acceptors (Lipinski definition) is 3. The number of aliphatic hydroxyl groups is 2. The highest BCUT2D eigenvalue weighted by molar-refractivity contribution is 5.92. The van der Waals surface area contributed by atoms with Crippen molar-refractivity contribution in [3.8, 4) is 12.3 Å². The normalized spacial score (nSPS) is 8.11. The van der Waals surface area contributed by atoms with E-state index in [0.717, 1.165) is 0 Å². The van der Waals surface area contributed by atoms with Gasteiger partial charge in [-0.05, 0) is 5.92 Å². The van der Waals surface area contributed by atoms with Gasteiger partial charge < -0.3 is 10.2 Å². The summed E-state index contributed by atoms with van der Waals surface area (Å²) < 4.78 is 0. The molecule has 0 radical (unpaired) electrons. The lowest BCUT2D eigenvalue weighted by atomic mass is 10.6. The minimum atomic E-state index is -0.722. The molecule has 0 bridgehead atoms. The Labute approximate surface area is 52.7 Å². The summed E-state index contributed by atoms with van der Waals surface area (Å²) in [5, 5.41) is 16.6. The largest absolute Gasteiger partial charge is 0.376 e. The second-order valence-corrected chi connectivity index (χ2v) is 1.27. The van der Waals surface area contributed by atoms with Gasteiger partial charge in [0.2, 0.25) is 0 Å². The van der Waals surface area contributed by atoms with Crippen molar-refractivity contribution in [1.82, 2.24) is 4.90 Å². The molecular formula is C5H7NO3. The van der Waals surface area contributed by atoms with Crippen LogP contribution in [0.2, 0.25) is 0 Å². The lowest BCUT2D eigenvalue weighted by Gasteiger charge is -2.11. The molecule has 4 nitrogen and oxygen atoms in total. The highest BCUT2D eigenvalue weighted by atomic mass is 16.3. The van der Waals surface area contributed by atoms with Crippen LogP contribution in [-0.4, -0.2) is 34.5 Å². The first kappa shape index (κ1) is 7.95. The predicted octanol–water partition coefficient (Wildman–Crippen LogP) is -1.65. The standard InChI is InChI=1S/C5H7NO3/c1-2-5(9)6(3-7)4-8/h1,7-8H,3-4H2. The molecule has 0 aromatic heterocycles. The molecule has 0 spiro atoms. The Balaban J connectivity index is 3.83. The minimum Gasteiger partial charge on any atom is -0.376 e. The molecule has 0 aliphatic heterocycles. The third-order valence-electron chi connectivity index (χ3n) is 0.752. The molecule has 0 atom stereocenters. The Morgan fingerprint density at radius 2 is 2.00 bits per heavy atom. The summed E-state index contributed by atoms with van der Waals surface area (Å²) in [5.74, 6) is 1.01. The zero-order chi connectivity index (χ0) is 7.28. The van der Waals surface area contributed by atoms with Crippen LogP contribution >= 0.6 is 0 Å². The molecule has 50 valence electrons. The van der Waals surface area contributed by atoms with Crippen LogP contribution in [0.1, 0.15) is 0 Å². The quantitative estimate of drug-likeness (QED) is 0.347. The number of rotatable bonds is 2. The van der Waals surface area contributed by atoms with Crippen molar-refractivity contribution in [2.75, 3.05) is 13.5 Å². The molecule has 0 saturated carbocycles. The molecule has 2 N–H and O–H groups in total. The zero-order valence-electron chi connectivity index (χ0n) is 4.74. The number of carbonyl (C=O) groups is 1. The lowest BCUT2D eigenvalue weighted by molar-refractivity contribution is -0.133. The average molecular weight is 129 g/mol. The average Bonchev–Trinajstić information content (AvgIpc) is 1.90. The van der Waals surface area contributed by atoms with E-state index in [1.807, 2.05) is 0 Å². The van der Waals surface area contributed by atoms with Crippen LogP contribution < -0.4 is 0 Å². The molecule has 0 aromatic carbocycles. The van der Waals surface area contributed by atoms with Gasteiger partial charge in [0.25, 0.3) is 0 Å². The fourth-order valence-corrected chi connectivity index (χ4v) is 0.264. The molecule has 0 rings (SSSR count). The molecule has 0 heterocycles. The molecular weight excluding hydrogens is 122 g/mol. The SMILES string of the molecule is C#CC(=O)N(CO)CO. The first-order chi connectivity index (χ1) is 4.26. The van der Waals surface area contributed by atoms with E-state index in [1.165, 1.54) is 0 Å². The lowest BCUT2D eigenvalue weighted by Crippen LogP contribution is -2.31. The Kier molecular flexibility index (Phi) is 3.44. The van der Waals surface area contributed by atoms with Crippen LogP contribution in [-0.2, 0) is 4.79 Å². The molecule has 4 heteroatoms. The van der Waals surface area contributed by atoms with E-state index in [1.54, 1.807) is 5.92 Å². The smallest absolute Gasteiger partial charge is 0.301 e. The van der Waals surface area contributed by atoms with Gasteiger partial charge in [0, 0.05) is 0 Å². The molecule has 0 aromatic rings. The monoisotopic (exact) mass is 129 g/mol. The van der Waals surface area contributed by atoms with E-state index in [-0.39, 0.29) is 0 Å². The third-order valence-corrected chi connectivity index (χ3v) is 0.752. The Morgan fingerprint density at radius 3 is 2.11 bits per heavy atom. The second-order valence-electron chi connectivity index (χ2n) is 1.27. The number of nitrogens with zero attached hydrogens (tertiary/aromatic N) is 1. The van der Waals surface area contributed by atoms with Crippen molar-refractivity contribution < 1.29 is 15.0 Å².